The average Bonchev–Trinajstić information content (AvgIpc) is 2.62. The maximum absolute atomic E-state index is 4.05. The Bertz CT molecular complexity index is 346. The summed E-state index contributed by atoms with van der Waals surface area (Å²) in [6, 6.07) is 4.15. The number of rotatable bonds is 17. The molecule has 0 aliphatic carbocycles. The Morgan fingerprint density at radius 2 is 1.12 bits per heavy atom. The van der Waals surface area contributed by atoms with Gasteiger partial charge in [0.05, 0.1) is 6.20 Å². The first kappa shape index (κ1) is 21.2. The molecule has 1 aromatic rings. The molecule has 1 rings (SSSR count). The molecule has 0 N–H and O–H groups in total. The topological polar surface area (TPSA) is 12.9 Å². The first-order valence-electron chi connectivity index (χ1n) is 10.7. The van der Waals surface area contributed by atoms with Gasteiger partial charge in [-0.15, -0.1) is 0 Å². The quantitative estimate of drug-likeness (QED) is 0.267. The molecular weight excluding hydrogens is 290 g/mol. The van der Waals surface area contributed by atoms with Crippen LogP contribution in [0.15, 0.2) is 18.3 Å². The fourth-order valence-electron chi connectivity index (χ4n) is 3.36. The smallest absolute Gasteiger partial charge is 0.0920 e. The van der Waals surface area contributed by atoms with Gasteiger partial charge in [-0.25, -0.2) is 0 Å². The molecule has 0 saturated carbocycles. The van der Waals surface area contributed by atoms with Crippen molar-refractivity contribution in [2.45, 2.75) is 116 Å². The van der Waals surface area contributed by atoms with Gasteiger partial charge in [0.2, 0.25) is 0 Å². The summed E-state index contributed by atoms with van der Waals surface area (Å²) in [6.07, 6.45) is 28.9. The summed E-state index contributed by atoms with van der Waals surface area (Å²) in [5.41, 5.74) is 1.27. The average molecular weight is 331 g/mol. The standard InChI is InChI=1S/C23H40N/c1-2-3-4-5-6-7-8-9-10-11-12-13-14-15-16-17-19-23-20-18-21-24-22-23/h18,20-21H,2-17,19H2,1H3. The van der Waals surface area contributed by atoms with Gasteiger partial charge in [0, 0.05) is 6.20 Å². The Morgan fingerprint density at radius 3 is 1.54 bits per heavy atom. The summed E-state index contributed by atoms with van der Waals surface area (Å²) in [5.74, 6) is 0. The van der Waals surface area contributed by atoms with E-state index in [1.54, 1.807) is 6.20 Å². The van der Waals surface area contributed by atoms with Crippen molar-refractivity contribution in [3.8, 4) is 0 Å². The van der Waals surface area contributed by atoms with E-state index in [1.807, 2.05) is 6.07 Å². The molecule has 0 aromatic carbocycles. The lowest BCUT2D eigenvalue weighted by molar-refractivity contribution is 0.529. The number of unbranched alkanes of at least 4 members (excludes halogenated alkanes) is 15. The molecule has 0 atom stereocenters. The summed E-state index contributed by atoms with van der Waals surface area (Å²) in [4.78, 5) is 4.05. The molecule has 1 radical (unpaired) electrons. The number of nitrogens with zero attached hydrogens (tertiary/aromatic N) is 1. The van der Waals surface area contributed by atoms with Crippen molar-refractivity contribution in [2.24, 2.45) is 0 Å². The predicted molar refractivity (Wildman–Crippen MR) is 106 cm³/mol. The highest BCUT2D eigenvalue weighted by molar-refractivity contribution is 5.06. The van der Waals surface area contributed by atoms with Gasteiger partial charge >= 0.3 is 0 Å². The summed E-state index contributed by atoms with van der Waals surface area (Å²) < 4.78 is 0. The summed E-state index contributed by atoms with van der Waals surface area (Å²) in [5, 5.41) is 0. The zero-order chi connectivity index (χ0) is 17.1. The molecule has 0 amide bonds. The van der Waals surface area contributed by atoms with Gasteiger partial charge in [0.15, 0.2) is 0 Å². The molecule has 1 nitrogen and oxygen atoms in total. The Hall–Kier alpha value is -0.850. The third-order valence-electron chi connectivity index (χ3n) is 4.97. The van der Waals surface area contributed by atoms with Crippen LogP contribution in [0.1, 0.15) is 115 Å². The van der Waals surface area contributed by atoms with Crippen molar-refractivity contribution < 1.29 is 0 Å². The fraction of sp³-hybridized carbons (Fsp3) is 0.783. The van der Waals surface area contributed by atoms with Crippen LogP contribution < -0.4 is 0 Å². The zero-order valence-corrected chi connectivity index (χ0v) is 16.2. The van der Waals surface area contributed by atoms with Gasteiger partial charge < -0.3 is 0 Å². The van der Waals surface area contributed by atoms with Crippen molar-refractivity contribution >= 4 is 0 Å². The molecule has 1 aromatic heterocycles. The van der Waals surface area contributed by atoms with E-state index in [0.29, 0.717) is 0 Å². The summed E-state index contributed by atoms with van der Waals surface area (Å²) in [7, 11) is 0. The highest BCUT2D eigenvalue weighted by atomic mass is 14.6. The first-order chi connectivity index (χ1) is 11.9. The van der Waals surface area contributed by atoms with Gasteiger partial charge in [0.25, 0.3) is 0 Å². The van der Waals surface area contributed by atoms with E-state index in [9.17, 15) is 0 Å². The minimum absolute atomic E-state index is 1.15. The molecule has 0 spiro atoms. The SMILES string of the molecule is CCCCCCCCCCCCCCCCCCc1[c]nccc1. The molecule has 0 bridgehead atoms. The van der Waals surface area contributed by atoms with Crippen LogP contribution in [-0.4, -0.2) is 4.98 Å². The van der Waals surface area contributed by atoms with Gasteiger partial charge in [-0.2, -0.15) is 0 Å². The second-order valence-corrected chi connectivity index (χ2v) is 7.33. The molecule has 0 saturated heterocycles. The van der Waals surface area contributed by atoms with E-state index in [4.69, 9.17) is 0 Å². The number of pyridine rings is 1. The van der Waals surface area contributed by atoms with Gasteiger partial charge in [-0.1, -0.05) is 109 Å². The van der Waals surface area contributed by atoms with Crippen LogP contribution in [0.5, 0.6) is 0 Å². The third-order valence-corrected chi connectivity index (χ3v) is 4.97. The Balaban J connectivity index is 1.70. The van der Waals surface area contributed by atoms with Crippen LogP contribution in [0.4, 0.5) is 0 Å². The normalized spacial score (nSPS) is 11.0. The minimum atomic E-state index is 1.15. The largest absolute Gasteiger partial charge is 0.254 e. The van der Waals surface area contributed by atoms with Crippen LogP contribution in [0.3, 0.4) is 0 Å². The Labute approximate surface area is 151 Å². The Kier molecular flexibility index (Phi) is 15.0. The molecular formula is C23H40N. The van der Waals surface area contributed by atoms with Crippen molar-refractivity contribution in [2.75, 3.05) is 0 Å². The fourth-order valence-corrected chi connectivity index (χ4v) is 3.36. The lowest BCUT2D eigenvalue weighted by Crippen LogP contribution is -1.87. The maximum Gasteiger partial charge on any atom is 0.0920 e. The van der Waals surface area contributed by atoms with E-state index in [2.05, 4.69) is 24.2 Å². The molecule has 0 unspecified atom stereocenters. The van der Waals surface area contributed by atoms with Crippen LogP contribution in [0.2, 0.25) is 0 Å². The van der Waals surface area contributed by atoms with Crippen LogP contribution >= 0.6 is 0 Å². The highest BCUT2D eigenvalue weighted by Crippen LogP contribution is 2.14. The summed E-state index contributed by atoms with van der Waals surface area (Å²) >= 11 is 0. The molecule has 0 aliphatic heterocycles. The summed E-state index contributed by atoms with van der Waals surface area (Å²) in [6.45, 7) is 2.29. The van der Waals surface area contributed by atoms with E-state index in [0.717, 1.165) is 6.42 Å². The van der Waals surface area contributed by atoms with Gasteiger partial charge in [-0.05, 0) is 24.5 Å². The van der Waals surface area contributed by atoms with Gasteiger partial charge in [-0.3, -0.25) is 4.98 Å². The number of aryl methyl sites for hydroxylation is 1. The van der Waals surface area contributed by atoms with E-state index < -0.39 is 0 Å². The van der Waals surface area contributed by atoms with Gasteiger partial charge in [0.1, 0.15) is 0 Å². The number of hydrogen-bond donors (Lipinski definition) is 0. The lowest BCUT2D eigenvalue weighted by atomic mass is 10.0. The number of hydrogen-bond acceptors (Lipinski definition) is 1. The number of aromatic nitrogens is 1. The lowest BCUT2D eigenvalue weighted by Gasteiger charge is -2.03. The van der Waals surface area contributed by atoms with Crippen LogP contribution in [0.25, 0.3) is 0 Å². The molecule has 1 heterocycles. The monoisotopic (exact) mass is 330 g/mol. The molecule has 1 heteroatoms. The Morgan fingerprint density at radius 1 is 0.667 bits per heavy atom. The second-order valence-electron chi connectivity index (χ2n) is 7.33. The molecule has 0 fully saturated rings. The van der Waals surface area contributed by atoms with Crippen molar-refractivity contribution in [3.05, 3.63) is 30.1 Å². The molecule has 24 heavy (non-hydrogen) atoms. The van der Waals surface area contributed by atoms with Crippen molar-refractivity contribution in [3.63, 3.8) is 0 Å². The minimum Gasteiger partial charge on any atom is -0.254 e. The van der Waals surface area contributed by atoms with E-state index in [-0.39, 0.29) is 0 Å². The zero-order valence-electron chi connectivity index (χ0n) is 16.2. The van der Waals surface area contributed by atoms with Crippen molar-refractivity contribution in [1.82, 2.24) is 4.98 Å². The second kappa shape index (κ2) is 17.0. The third kappa shape index (κ3) is 13.6. The van der Waals surface area contributed by atoms with Crippen LogP contribution in [0, 0.1) is 6.20 Å². The van der Waals surface area contributed by atoms with E-state index >= 15 is 0 Å². The predicted octanol–water partition coefficient (Wildman–Crippen LogP) is 7.69. The van der Waals surface area contributed by atoms with E-state index in [1.165, 1.54) is 108 Å². The first-order valence-corrected chi connectivity index (χ1v) is 10.7. The molecule has 0 aliphatic rings. The highest BCUT2D eigenvalue weighted by Gasteiger charge is 1.96. The van der Waals surface area contributed by atoms with Crippen molar-refractivity contribution in [1.29, 1.82) is 0 Å². The van der Waals surface area contributed by atoms with Crippen LogP contribution in [-0.2, 0) is 6.42 Å². The maximum atomic E-state index is 4.05. The molecule has 137 valence electrons.